The lowest BCUT2D eigenvalue weighted by Gasteiger charge is -2.11. The van der Waals surface area contributed by atoms with E-state index < -0.39 is 0 Å². The van der Waals surface area contributed by atoms with Crippen molar-refractivity contribution in [1.82, 2.24) is 29.1 Å². The molecule has 0 bridgehead atoms. The minimum atomic E-state index is 0.578. The van der Waals surface area contributed by atoms with Gasteiger partial charge >= 0.3 is 0 Å². The highest BCUT2D eigenvalue weighted by atomic mass is 15.2. The van der Waals surface area contributed by atoms with Crippen LogP contribution in [-0.4, -0.2) is 29.1 Å². The zero-order chi connectivity index (χ0) is 33.0. The van der Waals surface area contributed by atoms with Crippen LogP contribution in [0.3, 0.4) is 0 Å². The van der Waals surface area contributed by atoms with Gasteiger partial charge in [0.15, 0.2) is 11.6 Å². The highest BCUT2D eigenvalue weighted by molar-refractivity contribution is 6.16. The average molecular weight is 641 g/mol. The lowest BCUT2D eigenvalue weighted by atomic mass is 9.99. The zero-order valence-electron chi connectivity index (χ0n) is 26.8. The lowest BCUT2D eigenvalue weighted by molar-refractivity contribution is 0.953. The first-order valence-corrected chi connectivity index (χ1v) is 16.7. The molecular formula is C44H28N6. The molecule has 4 aromatic heterocycles. The Morgan fingerprint density at radius 2 is 1.02 bits per heavy atom. The summed E-state index contributed by atoms with van der Waals surface area (Å²) in [4.78, 5) is 20.0. The van der Waals surface area contributed by atoms with E-state index in [0.29, 0.717) is 17.6 Å². The Morgan fingerprint density at radius 1 is 0.400 bits per heavy atom. The summed E-state index contributed by atoms with van der Waals surface area (Å²) in [6.07, 6.45) is 1.88. The van der Waals surface area contributed by atoms with Crippen LogP contribution in [0.1, 0.15) is 0 Å². The molecule has 0 atom stereocenters. The third-order valence-electron chi connectivity index (χ3n) is 9.43. The molecule has 0 radical (unpaired) electrons. The summed E-state index contributed by atoms with van der Waals surface area (Å²) in [6, 6.07) is 56.6. The van der Waals surface area contributed by atoms with Gasteiger partial charge in [0, 0.05) is 39.2 Å². The minimum Gasteiger partial charge on any atom is -0.308 e. The van der Waals surface area contributed by atoms with E-state index in [1.165, 1.54) is 0 Å². The van der Waals surface area contributed by atoms with Gasteiger partial charge in [-0.15, -0.1) is 0 Å². The fraction of sp³-hybridized carbons (Fsp3) is 0. The molecule has 0 aliphatic carbocycles. The van der Waals surface area contributed by atoms with Crippen molar-refractivity contribution in [3.05, 3.63) is 170 Å². The molecular weight excluding hydrogens is 613 g/mol. The molecule has 0 N–H and O–H groups in total. The van der Waals surface area contributed by atoms with E-state index in [9.17, 15) is 0 Å². The second-order valence-corrected chi connectivity index (χ2v) is 12.3. The molecule has 6 aromatic carbocycles. The van der Waals surface area contributed by atoms with Gasteiger partial charge in [-0.2, -0.15) is 9.97 Å². The van der Waals surface area contributed by atoms with Crippen molar-refractivity contribution in [2.24, 2.45) is 0 Å². The summed E-state index contributed by atoms with van der Waals surface area (Å²) >= 11 is 0. The van der Waals surface area contributed by atoms with Crippen molar-refractivity contribution >= 4 is 43.7 Å². The summed E-state index contributed by atoms with van der Waals surface area (Å²) in [5.74, 6) is 1.84. The maximum Gasteiger partial charge on any atom is 0.238 e. The standard InChI is InChI=1S/C44H28N6/c1-4-14-29(15-5-1)42-46-43(30-16-6-2-7-17-30)48-44(47-42)50-36-22-11-10-20-34(36)35-28-31(25-26-37(35)50)33-21-12-23-38-40(33)41-39(24-13-27-45-41)49(38)32-18-8-3-9-19-32/h1-28H. The number of nitrogens with zero attached hydrogens (tertiary/aromatic N) is 6. The second-order valence-electron chi connectivity index (χ2n) is 12.3. The van der Waals surface area contributed by atoms with Gasteiger partial charge in [0.05, 0.1) is 27.6 Å². The van der Waals surface area contributed by atoms with Gasteiger partial charge < -0.3 is 4.57 Å². The van der Waals surface area contributed by atoms with Crippen LogP contribution in [0.4, 0.5) is 0 Å². The zero-order valence-corrected chi connectivity index (χ0v) is 26.8. The van der Waals surface area contributed by atoms with Crippen molar-refractivity contribution in [2.45, 2.75) is 0 Å². The van der Waals surface area contributed by atoms with Gasteiger partial charge in [0.1, 0.15) is 0 Å². The first kappa shape index (κ1) is 28.1. The van der Waals surface area contributed by atoms with Crippen molar-refractivity contribution in [2.75, 3.05) is 0 Å². The first-order chi connectivity index (χ1) is 24.8. The Bertz CT molecular complexity index is 2800. The van der Waals surface area contributed by atoms with Gasteiger partial charge in [-0.05, 0) is 59.7 Å². The quantitative estimate of drug-likeness (QED) is 0.188. The Hall–Kier alpha value is -6.92. The van der Waals surface area contributed by atoms with E-state index in [4.69, 9.17) is 19.9 Å². The topological polar surface area (TPSA) is 61.4 Å². The molecule has 234 valence electrons. The minimum absolute atomic E-state index is 0.578. The monoisotopic (exact) mass is 640 g/mol. The van der Waals surface area contributed by atoms with E-state index in [1.807, 2.05) is 72.9 Å². The number of aromatic nitrogens is 6. The first-order valence-electron chi connectivity index (χ1n) is 16.7. The molecule has 0 unspecified atom stereocenters. The number of hydrogen-bond donors (Lipinski definition) is 0. The largest absolute Gasteiger partial charge is 0.308 e. The smallest absolute Gasteiger partial charge is 0.238 e. The predicted octanol–water partition coefficient (Wildman–Crippen LogP) is 10.5. The van der Waals surface area contributed by atoms with E-state index in [-0.39, 0.29) is 0 Å². The van der Waals surface area contributed by atoms with Gasteiger partial charge in [0.2, 0.25) is 5.95 Å². The molecule has 0 saturated heterocycles. The van der Waals surface area contributed by atoms with Crippen LogP contribution in [0.25, 0.3) is 89.3 Å². The highest BCUT2D eigenvalue weighted by Gasteiger charge is 2.20. The number of rotatable bonds is 5. The fourth-order valence-electron chi connectivity index (χ4n) is 7.22. The van der Waals surface area contributed by atoms with Gasteiger partial charge in [-0.25, -0.2) is 4.98 Å². The third kappa shape index (κ3) is 4.43. The number of pyridine rings is 1. The van der Waals surface area contributed by atoms with E-state index >= 15 is 0 Å². The maximum atomic E-state index is 5.09. The van der Waals surface area contributed by atoms with Gasteiger partial charge in [-0.1, -0.05) is 115 Å². The van der Waals surface area contributed by atoms with E-state index in [1.54, 1.807) is 0 Å². The SMILES string of the molecule is c1ccc(-c2nc(-c3ccccc3)nc(-n3c4ccccc4c4cc(-c5cccc6c5c5ncccc5n6-c5ccccc5)ccc43)n2)cc1. The van der Waals surface area contributed by atoms with Crippen LogP contribution >= 0.6 is 0 Å². The molecule has 4 heterocycles. The van der Waals surface area contributed by atoms with Crippen molar-refractivity contribution in [3.63, 3.8) is 0 Å². The van der Waals surface area contributed by atoms with Gasteiger partial charge in [-0.3, -0.25) is 9.55 Å². The van der Waals surface area contributed by atoms with Gasteiger partial charge in [0.25, 0.3) is 0 Å². The average Bonchev–Trinajstić information content (AvgIpc) is 3.71. The lowest BCUT2D eigenvalue weighted by Crippen LogP contribution is -2.06. The number of fused-ring (bicyclic) bond motifs is 6. The fourth-order valence-corrected chi connectivity index (χ4v) is 7.22. The number of benzene rings is 6. The number of hydrogen-bond acceptors (Lipinski definition) is 4. The van der Waals surface area contributed by atoms with Crippen LogP contribution < -0.4 is 0 Å². The van der Waals surface area contributed by atoms with Crippen LogP contribution in [0.2, 0.25) is 0 Å². The van der Waals surface area contributed by atoms with Crippen molar-refractivity contribution in [1.29, 1.82) is 0 Å². The maximum absolute atomic E-state index is 5.09. The summed E-state index contributed by atoms with van der Waals surface area (Å²) in [7, 11) is 0. The molecule has 50 heavy (non-hydrogen) atoms. The Kier molecular flexibility index (Phi) is 6.39. The molecule has 10 aromatic rings. The summed E-state index contributed by atoms with van der Waals surface area (Å²) < 4.78 is 4.47. The molecule has 0 fully saturated rings. The molecule has 0 amide bonds. The van der Waals surface area contributed by atoms with E-state index in [2.05, 4.69) is 106 Å². The van der Waals surface area contributed by atoms with Crippen LogP contribution in [0, 0.1) is 0 Å². The molecule has 0 saturated carbocycles. The summed E-state index contributed by atoms with van der Waals surface area (Å²) in [6.45, 7) is 0. The van der Waals surface area contributed by atoms with Crippen LogP contribution in [0.5, 0.6) is 0 Å². The number of para-hydroxylation sites is 2. The van der Waals surface area contributed by atoms with Crippen molar-refractivity contribution in [3.8, 4) is 45.5 Å². The normalized spacial score (nSPS) is 11.6. The molecule has 0 aliphatic rings. The Balaban J connectivity index is 1.22. The molecule has 0 aliphatic heterocycles. The highest BCUT2D eigenvalue weighted by Crippen LogP contribution is 2.40. The van der Waals surface area contributed by atoms with Crippen LogP contribution in [-0.2, 0) is 0 Å². The van der Waals surface area contributed by atoms with E-state index in [0.717, 1.165) is 71.7 Å². The molecule has 6 nitrogen and oxygen atoms in total. The Morgan fingerprint density at radius 3 is 1.76 bits per heavy atom. The van der Waals surface area contributed by atoms with Crippen molar-refractivity contribution < 1.29 is 0 Å². The van der Waals surface area contributed by atoms with Crippen LogP contribution in [0.15, 0.2) is 170 Å². The molecule has 6 heteroatoms. The third-order valence-corrected chi connectivity index (χ3v) is 9.43. The summed E-state index contributed by atoms with van der Waals surface area (Å²) in [5, 5.41) is 3.38. The summed E-state index contributed by atoms with van der Waals surface area (Å²) in [5.41, 5.74) is 10.5. The second kappa shape index (κ2) is 11.4. The Labute approximate surface area is 287 Å². The molecule has 10 rings (SSSR count). The predicted molar refractivity (Wildman–Crippen MR) is 203 cm³/mol. The molecule has 0 spiro atoms.